The fourth-order valence-corrected chi connectivity index (χ4v) is 1.50. The van der Waals surface area contributed by atoms with Crippen LogP contribution in [0.25, 0.3) is 0 Å². The van der Waals surface area contributed by atoms with Crippen molar-refractivity contribution in [2.75, 3.05) is 11.9 Å². The second kappa shape index (κ2) is 6.15. The largest absolute Gasteiger partial charge is 0.450 e. The standard InChI is InChI=1S/C11H15N3O2S/c1-4-16-11(15)14-10(17)13-9-6-7(2)5-8(3)12-9/h5-6H,4H2,1-3H3,(H2,12,13,14,15,17). The van der Waals surface area contributed by atoms with Gasteiger partial charge in [-0.15, -0.1) is 0 Å². The van der Waals surface area contributed by atoms with E-state index in [-0.39, 0.29) is 5.11 Å². The van der Waals surface area contributed by atoms with E-state index in [1.165, 1.54) is 0 Å². The molecule has 6 heteroatoms. The maximum Gasteiger partial charge on any atom is 0.413 e. The smallest absolute Gasteiger partial charge is 0.413 e. The number of hydrogen-bond donors (Lipinski definition) is 2. The number of aryl methyl sites for hydroxylation is 2. The first kappa shape index (κ1) is 13.4. The van der Waals surface area contributed by atoms with Crippen LogP contribution < -0.4 is 10.6 Å². The highest BCUT2D eigenvalue weighted by atomic mass is 32.1. The van der Waals surface area contributed by atoms with E-state index in [9.17, 15) is 4.79 Å². The minimum Gasteiger partial charge on any atom is -0.450 e. The summed E-state index contributed by atoms with van der Waals surface area (Å²) < 4.78 is 4.70. The number of ether oxygens (including phenoxy) is 1. The Balaban J connectivity index is 2.59. The second-order valence-corrected chi connectivity index (χ2v) is 3.88. The predicted octanol–water partition coefficient (Wildman–Crippen LogP) is 2.14. The van der Waals surface area contributed by atoms with Crippen LogP contribution in [0.15, 0.2) is 12.1 Å². The van der Waals surface area contributed by atoms with Gasteiger partial charge in [0.15, 0.2) is 5.11 Å². The Bertz CT molecular complexity index is 414. The van der Waals surface area contributed by atoms with E-state index in [1.807, 2.05) is 26.0 Å². The first-order valence-electron chi connectivity index (χ1n) is 5.21. The van der Waals surface area contributed by atoms with Gasteiger partial charge in [-0.25, -0.2) is 9.78 Å². The minimum atomic E-state index is -0.575. The van der Waals surface area contributed by atoms with E-state index in [4.69, 9.17) is 17.0 Å². The SMILES string of the molecule is CCOC(=O)NC(=S)Nc1cc(C)cc(C)n1. The number of anilines is 1. The molecule has 92 valence electrons. The number of nitrogens with zero attached hydrogens (tertiary/aromatic N) is 1. The van der Waals surface area contributed by atoms with Gasteiger partial charge in [0.05, 0.1) is 6.61 Å². The molecule has 2 N–H and O–H groups in total. The summed E-state index contributed by atoms with van der Waals surface area (Å²) in [5.74, 6) is 0.601. The average Bonchev–Trinajstić information content (AvgIpc) is 2.14. The van der Waals surface area contributed by atoms with Crippen molar-refractivity contribution < 1.29 is 9.53 Å². The van der Waals surface area contributed by atoms with Crippen LogP contribution in [0.5, 0.6) is 0 Å². The predicted molar refractivity (Wildman–Crippen MR) is 70.1 cm³/mol. The van der Waals surface area contributed by atoms with Gasteiger partial charge in [-0.1, -0.05) is 0 Å². The molecule has 1 aromatic rings. The molecular weight excluding hydrogens is 238 g/mol. The number of amides is 1. The molecule has 0 fully saturated rings. The Labute approximate surface area is 106 Å². The summed E-state index contributed by atoms with van der Waals surface area (Å²) in [6.07, 6.45) is -0.575. The molecule has 0 aliphatic rings. The van der Waals surface area contributed by atoms with Crippen molar-refractivity contribution in [1.29, 1.82) is 0 Å². The van der Waals surface area contributed by atoms with Crippen LogP contribution in [-0.2, 0) is 4.74 Å². The maximum absolute atomic E-state index is 11.1. The number of thiocarbonyl (C=S) groups is 1. The fraction of sp³-hybridized carbons (Fsp3) is 0.364. The molecule has 0 aliphatic carbocycles. The van der Waals surface area contributed by atoms with Gasteiger partial charge in [-0.05, 0) is 50.7 Å². The first-order chi connectivity index (χ1) is 8.01. The summed E-state index contributed by atoms with van der Waals surface area (Å²) in [5, 5.41) is 5.38. The third kappa shape index (κ3) is 4.78. The van der Waals surface area contributed by atoms with Gasteiger partial charge >= 0.3 is 6.09 Å². The molecule has 1 amide bonds. The van der Waals surface area contributed by atoms with Gasteiger partial charge in [0.2, 0.25) is 0 Å². The molecule has 0 aliphatic heterocycles. The van der Waals surface area contributed by atoms with Gasteiger partial charge in [-0.3, -0.25) is 5.32 Å². The molecule has 1 aromatic heterocycles. The summed E-state index contributed by atoms with van der Waals surface area (Å²) in [6.45, 7) is 5.87. The number of pyridine rings is 1. The van der Waals surface area contributed by atoms with Crippen LogP contribution in [-0.4, -0.2) is 22.8 Å². The van der Waals surface area contributed by atoms with Gasteiger partial charge in [0, 0.05) is 5.69 Å². The van der Waals surface area contributed by atoms with Gasteiger partial charge in [-0.2, -0.15) is 0 Å². The topological polar surface area (TPSA) is 63.2 Å². The lowest BCUT2D eigenvalue weighted by molar-refractivity contribution is 0.158. The highest BCUT2D eigenvalue weighted by Gasteiger charge is 2.05. The zero-order valence-corrected chi connectivity index (χ0v) is 10.9. The second-order valence-electron chi connectivity index (χ2n) is 3.47. The van der Waals surface area contributed by atoms with E-state index in [0.717, 1.165) is 11.3 Å². The van der Waals surface area contributed by atoms with Gasteiger partial charge in [0.25, 0.3) is 0 Å². The Morgan fingerprint density at radius 1 is 1.47 bits per heavy atom. The molecule has 0 saturated carbocycles. The van der Waals surface area contributed by atoms with Crippen LogP contribution in [0, 0.1) is 13.8 Å². The highest BCUT2D eigenvalue weighted by Crippen LogP contribution is 2.08. The van der Waals surface area contributed by atoms with E-state index in [1.54, 1.807) is 6.92 Å². The average molecular weight is 253 g/mol. The number of alkyl carbamates (subject to hydrolysis) is 1. The molecule has 0 saturated heterocycles. The number of rotatable bonds is 2. The summed E-state index contributed by atoms with van der Waals surface area (Å²) >= 11 is 4.95. The maximum atomic E-state index is 11.1. The molecule has 1 heterocycles. The van der Waals surface area contributed by atoms with E-state index >= 15 is 0 Å². The van der Waals surface area contributed by atoms with Crippen molar-refractivity contribution >= 4 is 29.2 Å². The highest BCUT2D eigenvalue weighted by molar-refractivity contribution is 7.80. The van der Waals surface area contributed by atoms with E-state index in [0.29, 0.717) is 12.4 Å². The lowest BCUT2D eigenvalue weighted by Gasteiger charge is -2.09. The summed E-state index contributed by atoms with van der Waals surface area (Å²) in [4.78, 5) is 15.3. The van der Waals surface area contributed by atoms with Crippen LogP contribution >= 0.6 is 12.2 Å². The Kier molecular flexibility index (Phi) is 4.84. The van der Waals surface area contributed by atoms with Crippen molar-refractivity contribution in [2.24, 2.45) is 0 Å². The quantitative estimate of drug-likeness (QED) is 0.791. The van der Waals surface area contributed by atoms with Gasteiger partial charge < -0.3 is 10.1 Å². The zero-order valence-electron chi connectivity index (χ0n) is 10.0. The minimum absolute atomic E-state index is 0.168. The van der Waals surface area contributed by atoms with Crippen molar-refractivity contribution in [3.63, 3.8) is 0 Å². The lowest BCUT2D eigenvalue weighted by atomic mass is 10.2. The normalized spacial score (nSPS) is 9.59. The fourth-order valence-electron chi connectivity index (χ4n) is 1.31. The number of carbonyl (C=O) groups is 1. The van der Waals surface area contributed by atoms with Crippen LogP contribution in [0.3, 0.4) is 0 Å². The van der Waals surface area contributed by atoms with E-state index < -0.39 is 6.09 Å². The molecule has 0 unspecified atom stereocenters. The molecule has 17 heavy (non-hydrogen) atoms. The zero-order chi connectivity index (χ0) is 12.8. The third-order valence-corrected chi connectivity index (χ3v) is 2.03. The summed E-state index contributed by atoms with van der Waals surface area (Å²) in [6, 6.07) is 3.79. The third-order valence-electron chi connectivity index (χ3n) is 1.83. The number of nitrogens with one attached hydrogen (secondary N) is 2. The number of aromatic nitrogens is 1. The molecule has 0 atom stereocenters. The summed E-state index contributed by atoms with van der Waals surface area (Å²) in [7, 11) is 0. The molecule has 0 radical (unpaired) electrons. The Hall–Kier alpha value is -1.69. The monoisotopic (exact) mass is 253 g/mol. The van der Waals surface area contributed by atoms with Crippen molar-refractivity contribution in [3.8, 4) is 0 Å². The number of carbonyl (C=O) groups excluding carboxylic acids is 1. The van der Waals surface area contributed by atoms with Crippen LogP contribution in [0.2, 0.25) is 0 Å². The van der Waals surface area contributed by atoms with Gasteiger partial charge in [0.1, 0.15) is 5.82 Å². The molecule has 1 rings (SSSR count). The molecule has 5 nitrogen and oxygen atoms in total. The Morgan fingerprint density at radius 2 is 2.18 bits per heavy atom. The first-order valence-corrected chi connectivity index (χ1v) is 5.62. The lowest BCUT2D eigenvalue weighted by Crippen LogP contribution is -2.34. The molecular formula is C11H15N3O2S. The summed E-state index contributed by atoms with van der Waals surface area (Å²) in [5.41, 5.74) is 1.95. The van der Waals surface area contributed by atoms with E-state index in [2.05, 4.69) is 15.6 Å². The van der Waals surface area contributed by atoms with Crippen molar-refractivity contribution in [3.05, 3.63) is 23.4 Å². The molecule has 0 aromatic carbocycles. The van der Waals surface area contributed by atoms with Crippen molar-refractivity contribution in [2.45, 2.75) is 20.8 Å². The van der Waals surface area contributed by atoms with Crippen LogP contribution in [0.1, 0.15) is 18.2 Å². The Morgan fingerprint density at radius 3 is 2.76 bits per heavy atom. The van der Waals surface area contributed by atoms with Crippen molar-refractivity contribution in [1.82, 2.24) is 10.3 Å². The molecule has 0 bridgehead atoms. The van der Waals surface area contributed by atoms with Crippen LogP contribution in [0.4, 0.5) is 10.6 Å². The number of hydrogen-bond acceptors (Lipinski definition) is 4. The molecule has 0 spiro atoms.